The number of halogens is 1. The van der Waals surface area contributed by atoms with Crippen LogP contribution in [0.2, 0.25) is 5.02 Å². The van der Waals surface area contributed by atoms with Crippen LogP contribution >= 0.6 is 11.6 Å². The first-order valence-corrected chi connectivity index (χ1v) is 9.56. The zero-order chi connectivity index (χ0) is 20.5. The van der Waals surface area contributed by atoms with E-state index in [0.717, 1.165) is 11.1 Å². The van der Waals surface area contributed by atoms with Crippen LogP contribution in [0, 0.1) is 19.8 Å². The van der Waals surface area contributed by atoms with Crippen molar-refractivity contribution in [1.82, 2.24) is 10.1 Å². The molecule has 1 N–H and O–H groups in total. The molecule has 0 bridgehead atoms. The first-order valence-electron chi connectivity index (χ1n) is 9.19. The van der Waals surface area contributed by atoms with Gasteiger partial charge in [-0.25, -0.2) is 0 Å². The van der Waals surface area contributed by atoms with E-state index >= 15 is 0 Å². The van der Waals surface area contributed by atoms with Crippen molar-refractivity contribution in [3.05, 3.63) is 58.9 Å². The standard InChI is InChI=1S/C21H19ClN4O3/c1-12-6-7-16(22)10-18(12)24-21(28)15-9-19(27)26(11-15)17-5-3-4-14(8-17)20-23-13(2)29-25-20/h3-8,10,15H,9,11H2,1-2H3,(H,24,28). The van der Waals surface area contributed by atoms with Crippen LogP contribution in [0.3, 0.4) is 0 Å². The molecule has 0 radical (unpaired) electrons. The highest BCUT2D eigenvalue weighted by Gasteiger charge is 2.35. The summed E-state index contributed by atoms with van der Waals surface area (Å²) in [6, 6.07) is 12.6. The lowest BCUT2D eigenvalue weighted by Crippen LogP contribution is -2.28. The van der Waals surface area contributed by atoms with Crippen LogP contribution in [-0.4, -0.2) is 28.5 Å². The lowest BCUT2D eigenvalue weighted by atomic mass is 10.1. The summed E-state index contributed by atoms with van der Waals surface area (Å²) in [5.74, 6) is 0.181. The van der Waals surface area contributed by atoms with Gasteiger partial charge in [-0.3, -0.25) is 9.59 Å². The Hall–Kier alpha value is -3.19. The van der Waals surface area contributed by atoms with E-state index in [0.29, 0.717) is 34.7 Å². The van der Waals surface area contributed by atoms with E-state index in [2.05, 4.69) is 15.5 Å². The molecule has 148 valence electrons. The van der Waals surface area contributed by atoms with E-state index in [1.807, 2.05) is 37.3 Å². The predicted octanol–water partition coefficient (Wildman–Crippen LogP) is 4.00. The highest BCUT2D eigenvalue weighted by molar-refractivity contribution is 6.31. The molecule has 0 spiro atoms. The molecule has 3 aromatic rings. The van der Waals surface area contributed by atoms with E-state index in [-0.39, 0.29) is 18.2 Å². The fourth-order valence-corrected chi connectivity index (χ4v) is 3.50. The van der Waals surface area contributed by atoms with Gasteiger partial charge in [0.2, 0.25) is 23.5 Å². The predicted molar refractivity (Wildman–Crippen MR) is 110 cm³/mol. The minimum atomic E-state index is -0.447. The van der Waals surface area contributed by atoms with Crippen LogP contribution in [0.1, 0.15) is 17.9 Å². The van der Waals surface area contributed by atoms with E-state index in [9.17, 15) is 9.59 Å². The van der Waals surface area contributed by atoms with Gasteiger partial charge in [0.15, 0.2) is 0 Å². The molecule has 7 nitrogen and oxygen atoms in total. The van der Waals surface area contributed by atoms with Crippen molar-refractivity contribution in [1.29, 1.82) is 0 Å². The van der Waals surface area contributed by atoms with Crippen LogP contribution in [-0.2, 0) is 9.59 Å². The summed E-state index contributed by atoms with van der Waals surface area (Å²) < 4.78 is 5.02. The Morgan fingerprint density at radius 2 is 2.07 bits per heavy atom. The minimum absolute atomic E-state index is 0.102. The van der Waals surface area contributed by atoms with Gasteiger partial charge in [0.25, 0.3) is 0 Å². The molecule has 1 unspecified atom stereocenters. The van der Waals surface area contributed by atoms with Gasteiger partial charge in [-0.15, -0.1) is 0 Å². The summed E-state index contributed by atoms with van der Waals surface area (Å²) >= 11 is 6.02. The van der Waals surface area contributed by atoms with Crippen molar-refractivity contribution >= 4 is 34.8 Å². The van der Waals surface area contributed by atoms with Crippen LogP contribution < -0.4 is 10.2 Å². The maximum absolute atomic E-state index is 12.7. The molecule has 1 fully saturated rings. The number of benzene rings is 2. The van der Waals surface area contributed by atoms with Crippen molar-refractivity contribution in [2.45, 2.75) is 20.3 Å². The lowest BCUT2D eigenvalue weighted by Gasteiger charge is -2.17. The molecule has 1 aliphatic heterocycles. The monoisotopic (exact) mass is 410 g/mol. The highest BCUT2D eigenvalue weighted by Crippen LogP contribution is 2.29. The molecule has 29 heavy (non-hydrogen) atoms. The highest BCUT2D eigenvalue weighted by atomic mass is 35.5. The molecule has 1 aromatic heterocycles. The zero-order valence-corrected chi connectivity index (χ0v) is 16.7. The zero-order valence-electron chi connectivity index (χ0n) is 16.0. The van der Waals surface area contributed by atoms with Gasteiger partial charge in [0.1, 0.15) is 0 Å². The summed E-state index contributed by atoms with van der Waals surface area (Å²) in [4.78, 5) is 31.1. The number of nitrogens with one attached hydrogen (secondary N) is 1. The van der Waals surface area contributed by atoms with Crippen molar-refractivity contribution < 1.29 is 14.1 Å². The smallest absolute Gasteiger partial charge is 0.229 e. The van der Waals surface area contributed by atoms with Crippen molar-refractivity contribution in [2.24, 2.45) is 5.92 Å². The Labute approximate surface area is 172 Å². The molecule has 8 heteroatoms. The Morgan fingerprint density at radius 1 is 1.24 bits per heavy atom. The van der Waals surface area contributed by atoms with Crippen LogP contribution in [0.4, 0.5) is 11.4 Å². The third-order valence-corrected chi connectivity index (χ3v) is 5.13. The van der Waals surface area contributed by atoms with Gasteiger partial charge in [0.05, 0.1) is 5.92 Å². The van der Waals surface area contributed by atoms with E-state index in [1.54, 1.807) is 24.0 Å². The molecule has 1 atom stereocenters. The first-order chi connectivity index (χ1) is 13.9. The Bertz CT molecular complexity index is 1100. The summed E-state index contributed by atoms with van der Waals surface area (Å²) in [7, 11) is 0. The van der Waals surface area contributed by atoms with Gasteiger partial charge in [0, 0.05) is 41.9 Å². The summed E-state index contributed by atoms with van der Waals surface area (Å²) in [6.07, 6.45) is 0.150. The van der Waals surface area contributed by atoms with Gasteiger partial charge in [-0.1, -0.05) is 35.0 Å². The third-order valence-electron chi connectivity index (χ3n) is 4.90. The number of carbonyl (C=O) groups is 2. The Kier molecular flexibility index (Phi) is 5.07. The van der Waals surface area contributed by atoms with E-state index in [4.69, 9.17) is 16.1 Å². The average molecular weight is 411 g/mol. The lowest BCUT2D eigenvalue weighted by molar-refractivity contribution is -0.122. The van der Waals surface area contributed by atoms with Crippen molar-refractivity contribution in [3.8, 4) is 11.4 Å². The van der Waals surface area contributed by atoms with Gasteiger partial charge in [-0.05, 0) is 36.8 Å². The number of rotatable bonds is 4. The van der Waals surface area contributed by atoms with E-state index < -0.39 is 5.92 Å². The van der Waals surface area contributed by atoms with Crippen LogP contribution in [0.5, 0.6) is 0 Å². The van der Waals surface area contributed by atoms with Gasteiger partial charge in [-0.2, -0.15) is 4.98 Å². The molecule has 0 saturated carbocycles. The minimum Gasteiger partial charge on any atom is -0.339 e. The quantitative estimate of drug-likeness (QED) is 0.702. The third kappa shape index (κ3) is 4.00. The maximum atomic E-state index is 12.7. The Balaban J connectivity index is 1.51. The van der Waals surface area contributed by atoms with E-state index in [1.165, 1.54) is 0 Å². The normalized spacial score (nSPS) is 16.3. The molecular weight excluding hydrogens is 392 g/mol. The fraction of sp³-hybridized carbons (Fsp3) is 0.238. The summed E-state index contributed by atoms with van der Waals surface area (Å²) in [5.41, 5.74) is 3.01. The van der Waals surface area contributed by atoms with Crippen molar-refractivity contribution in [2.75, 3.05) is 16.8 Å². The average Bonchev–Trinajstić information content (AvgIpc) is 3.31. The first kappa shape index (κ1) is 19.1. The fourth-order valence-electron chi connectivity index (χ4n) is 3.33. The number of aryl methyl sites for hydroxylation is 2. The topological polar surface area (TPSA) is 88.3 Å². The van der Waals surface area contributed by atoms with Crippen LogP contribution in [0.15, 0.2) is 47.0 Å². The largest absolute Gasteiger partial charge is 0.339 e. The number of anilines is 2. The number of carbonyl (C=O) groups excluding carboxylic acids is 2. The molecule has 4 rings (SSSR count). The molecule has 2 heterocycles. The summed E-state index contributed by atoms with van der Waals surface area (Å²) in [5, 5.41) is 7.35. The maximum Gasteiger partial charge on any atom is 0.229 e. The van der Waals surface area contributed by atoms with Crippen molar-refractivity contribution in [3.63, 3.8) is 0 Å². The van der Waals surface area contributed by atoms with Crippen LogP contribution in [0.25, 0.3) is 11.4 Å². The molecule has 2 aromatic carbocycles. The number of nitrogens with zero attached hydrogens (tertiary/aromatic N) is 3. The second-order valence-corrected chi connectivity index (χ2v) is 7.48. The number of amides is 2. The molecular formula is C21H19ClN4O3. The second kappa shape index (κ2) is 7.67. The number of hydrogen-bond acceptors (Lipinski definition) is 5. The van der Waals surface area contributed by atoms with Gasteiger partial charge < -0.3 is 14.7 Å². The Morgan fingerprint density at radius 3 is 2.83 bits per heavy atom. The molecule has 0 aliphatic carbocycles. The molecule has 2 amide bonds. The molecule has 1 saturated heterocycles. The number of hydrogen-bond donors (Lipinski definition) is 1. The second-order valence-electron chi connectivity index (χ2n) is 7.04. The number of aromatic nitrogens is 2. The van der Waals surface area contributed by atoms with Gasteiger partial charge >= 0.3 is 0 Å². The molecule has 1 aliphatic rings. The SMILES string of the molecule is Cc1nc(-c2cccc(N3CC(C(=O)Nc4cc(Cl)ccc4C)CC3=O)c2)no1. The summed E-state index contributed by atoms with van der Waals surface area (Å²) in [6.45, 7) is 3.91.